The van der Waals surface area contributed by atoms with Gasteiger partial charge in [-0.3, -0.25) is 14.5 Å². The van der Waals surface area contributed by atoms with E-state index in [-0.39, 0.29) is 18.4 Å². The van der Waals surface area contributed by atoms with E-state index < -0.39 is 0 Å². The van der Waals surface area contributed by atoms with Crippen molar-refractivity contribution >= 4 is 67.8 Å². The van der Waals surface area contributed by atoms with Crippen molar-refractivity contribution in [3.05, 3.63) is 63.5 Å². The third-order valence-corrected chi connectivity index (χ3v) is 5.64. The van der Waals surface area contributed by atoms with Gasteiger partial charge in [-0.25, -0.2) is 0 Å². The van der Waals surface area contributed by atoms with Crippen LogP contribution in [0.3, 0.4) is 0 Å². The minimum absolute atomic E-state index is 0.131. The number of rotatable bonds is 6. The van der Waals surface area contributed by atoms with Crippen molar-refractivity contribution in [3.8, 4) is 5.75 Å². The lowest BCUT2D eigenvalue weighted by Crippen LogP contribution is -2.36. The first-order valence-electron chi connectivity index (χ1n) is 8.50. The first-order valence-corrected chi connectivity index (χ1v) is 10.5. The Morgan fingerprint density at radius 2 is 2.04 bits per heavy atom. The van der Waals surface area contributed by atoms with E-state index in [1.165, 1.54) is 16.7 Å². The monoisotopic (exact) mass is 476 g/mol. The number of hydrogen-bond acceptors (Lipinski definition) is 5. The average Bonchev–Trinajstić information content (AvgIpc) is 2.91. The summed E-state index contributed by atoms with van der Waals surface area (Å²) in [6.07, 6.45) is 1.77. The van der Waals surface area contributed by atoms with Crippen molar-refractivity contribution in [3.63, 3.8) is 0 Å². The zero-order chi connectivity index (χ0) is 20.1. The molecular weight excluding hydrogens is 460 g/mol. The summed E-state index contributed by atoms with van der Waals surface area (Å²) in [7, 11) is 0. The molecule has 0 bridgehead atoms. The normalized spacial score (nSPS) is 15.2. The molecule has 2 aromatic rings. The zero-order valence-corrected chi connectivity index (χ0v) is 18.2. The number of nitrogens with one attached hydrogen (secondary N) is 1. The molecule has 8 heteroatoms. The van der Waals surface area contributed by atoms with Crippen LogP contribution in [-0.4, -0.2) is 34.2 Å². The first kappa shape index (κ1) is 20.6. The van der Waals surface area contributed by atoms with Crippen molar-refractivity contribution in [2.45, 2.75) is 6.92 Å². The number of anilines is 1. The fourth-order valence-corrected chi connectivity index (χ4v) is 4.20. The number of benzene rings is 2. The molecule has 0 spiro atoms. The molecule has 1 aliphatic rings. The highest BCUT2D eigenvalue weighted by atomic mass is 79.9. The van der Waals surface area contributed by atoms with Crippen molar-refractivity contribution in [2.24, 2.45) is 0 Å². The summed E-state index contributed by atoms with van der Waals surface area (Å²) < 4.78 is 6.67. The van der Waals surface area contributed by atoms with E-state index in [1.807, 2.05) is 31.2 Å². The van der Waals surface area contributed by atoms with Crippen LogP contribution in [0, 0.1) is 0 Å². The SMILES string of the molecule is CCOc1ccc(NC(=O)CN2C(=O)C(=Cc3cccc(Br)c3)SC2=S)cc1. The Labute approximate surface area is 181 Å². The van der Waals surface area contributed by atoms with Gasteiger partial charge in [0.1, 0.15) is 16.6 Å². The predicted molar refractivity (Wildman–Crippen MR) is 120 cm³/mol. The van der Waals surface area contributed by atoms with Crippen LogP contribution in [0.25, 0.3) is 6.08 Å². The average molecular weight is 477 g/mol. The standard InChI is InChI=1S/C20H17BrN2O3S2/c1-2-26-16-8-6-15(7-9-16)22-18(24)12-23-19(25)17(28-20(23)27)11-13-4-3-5-14(21)10-13/h3-11H,2,12H2,1H3,(H,22,24). The van der Waals surface area contributed by atoms with Crippen LogP contribution < -0.4 is 10.1 Å². The van der Waals surface area contributed by atoms with Gasteiger partial charge in [0.2, 0.25) is 5.91 Å². The molecule has 2 aromatic carbocycles. The van der Waals surface area contributed by atoms with Gasteiger partial charge in [0.25, 0.3) is 5.91 Å². The van der Waals surface area contributed by atoms with Crippen molar-refractivity contribution in [2.75, 3.05) is 18.5 Å². The van der Waals surface area contributed by atoms with Gasteiger partial charge in [0.05, 0.1) is 11.5 Å². The van der Waals surface area contributed by atoms with Crippen LogP contribution >= 0.6 is 39.9 Å². The van der Waals surface area contributed by atoms with Gasteiger partial charge in [-0.15, -0.1) is 0 Å². The number of hydrogen-bond donors (Lipinski definition) is 1. The van der Waals surface area contributed by atoms with Crippen LogP contribution in [0.1, 0.15) is 12.5 Å². The number of carbonyl (C=O) groups excluding carboxylic acids is 2. The third-order valence-electron chi connectivity index (χ3n) is 3.77. The van der Waals surface area contributed by atoms with E-state index in [1.54, 1.807) is 30.3 Å². The lowest BCUT2D eigenvalue weighted by atomic mass is 10.2. The summed E-state index contributed by atoms with van der Waals surface area (Å²) in [5.41, 5.74) is 1.51. The molecule has 0 unspecified atom stereocenters. The van der Waals surface area contributed by atoms with E-state index in [2.05, 4.69) is 21.2 Å². The number of thioether (sulfide) groups is 1. The van der Waals surface area contributed by atoms with Gasteiger partial charge in [-0.1, -0.05) is 52.0 Å². The van der Waals surface area contributed by atoms with Gasteiger partial charge < -0.3 is 10.1 Å². The maximum atomic E-state index is 12.7. The van der Waals surface area contributed by atoms with Crippen LogP contribution in [0.15, 0.2) is 57.9 Å². The molecule has 5 nitrogen and oxygen atoms in total. The lowest BCUT2D eigenvalue weighted by molar-refractivity contribution is -0.126. The molecule has 0 aromatic heterocycles. The van der Waals surface area contributed by atoms with Gasteiger partial charge in [0.15, 0.2) is 0 Å². The smallest absolute Gasteiger partial charge is 0.266 e. The molecule has 1 N–H and O–H groups in total. The van der Waals surface area contributed by atoms with E-state index >= 15 is 0 Å². The summed E-state index contributed by atoms with van der Waals surface area (Å²) >= 11 is 9.89. The molecule has 0 aliphatic carbocycles. The Bertz CT molecular complexity index is 945. The number of thiocarbonyl (C=S) groups is 1. The zero-order valence-electron chi connectivity index (χ0n) is 15.0. The quantitative estimate of drug-likeness (QED) is 0.484. The maximum absolute atomic E-state index is 12.7. The fraction of sp³-hybridized carbons (Fsp3) is 0.150. The maximum Gasteiger partial charge on any atom is 0.266 e. The summed E-state index contributed by atoms with van der Waals surface area (Å²) in [4.78, 5) is 26.8. The number of amides is 2. The second-order valence-corrected chi connectivity index (χ2v) is 8.42. The number of halogens is 1. The molecule has 144 valence electrons. The second-order valence-electron chi connectivity index (χ2n) is 5.83. The van der Waals surface area contributed by atoms with Crippen LogP contribution in [0.2, 0.25) is 0 Å². The van der Waals surface area contributed by atoms with Crippen LogP contribution in [0.5, 0.6) is 5.75 Å². The van der Waals surface area contributed by atoms with Crippen molar-refractivity contribution < 1.29 is 14.3 Å². The number of carbonyl (C=O) groups is 2. The van der Waals surface area contributed by atoms with E-state index in [0.717, 1.165) is 15.8 Å². The summed E-state index contributed by atoms with van der Waals surface area (Å²) in [6.45, 7) is 2.35. The Hall–Kier alpha value is -2.16. The van der Waals surface area contributed by atoms with Crippen LogP contribution in [0.4, 0.5) is 5.69 Å². The van der Waals surface area contributed by atoms with Gasteiger partial charge >= 0.3 is 0 Å². The van der Waals surface area contributed by atoms with Crippen molar-refractivity contribution in [1.29, 1.82) is 0 Å². The molecule has 2 amide bonds. The molecule has 0 radical (unpaired) electrons. The summed E-state index contributed by atoms with van der Waals surface area (Å²) in [5.74, 6) is 0.149. The molecule has 0 saturated carbocycles. The highest BCUT2D eigenvalue weighted by Gasteiger charge is 2.33. The highest BCUT2D eigenvalue weighted by Crippen LogP contribution is 2.32. The van der Waals surface area contributed by atoms with E-state index in [4.69, 9.17) is 17.0 Å². The molecule has 3 rings (SSSR count). The molecule has 1 fully saturated rings. The first-order chi connectivity index (χ1) is 13.5. The van der Waals surface area contributed by atoms with Gasteiger partial charge in [0, 0.05) is 10.2 Å². The molecule has 0 atom stereocenters. The molecule has 1 aliphatic heterocycles. The molecule has 1 heterocycles. The minimum Gasteiger partial charge on any atom is -0.494 e. The second kappa shape index (κ2) is 9.36. The van der Waals surface area contributed by atoms with Gasteiger partial charge in [-0.2, -0.15) is 0 Å². The highest BCUT2D eigenvalue weighted by molar-refractivity contribution is 9.10. The molecule has 28 heavy (non-hydrogen) atoms. The van der Waals surface area contributed by atoms with Crippen LogP contribution in [-0.2, 0) is 9.59 Å². The minimum atomic E-state index is -0.316. The van der Waals surface area contributed by atoms with Gasteiger partial charge in [-0.05, 0) is 55.0 Å². The van der Waals surface area contributed by atoms with E-state index in [0.29, 0.717) is 21.5 Å². The third kappa shape index (κ3) is 5.21. The lowest BCUT2D eigenvalue weighted by Gasteiger charge is -2.14. The molecule has 1 saturated heterocycles. The largest absolute Gasteiger partial charge is 0.494 e. The Balaban J connectivity index is 1.64. The van der Waals surface area contributed by atoms with E-state index in [9.17, 15) is 9.59 Å². The summed E-state index contributed by atoms with van der Waals surface area (Å²) in [5, 5.41) is 2.77. The fourth-order valence-electron chi connectivity index (χ4n) is 2.53. The molecular formula is C20H17BrN2O3S2. The Morgan fingerprint density at radius 1 is 1.29 bits per heavy atom. The number of nitrogens with zero attached hydrogens (tertiary/aromatic N) is 1. The summed E-state index contributed by atoms with van der Waals surface area (Å²) in [6, 6.07) is 14.7. The Kier molecular flexibility index (Phi) is 6.88. The Morgan fingerprint density at radius 3 is 2.71 bits per heavy atom. The topological polar surface area (TPSA) is 58.6 Å². The predicted octanol–water partition coefficient (Wildman–Crippen LogP) is 4.69. The van der Waals surface area contributed by atoms with Crippen molar-refractivity contribution in [1.82, 2.24) is 4.90 Å². The number of ether oxygens (including phenoxy) is 1.